The highest BCUT2D eigenvalue weighted by Crippen LogP contribution is 2.22. The van der Waals surface area contributed by atoms with Crippen LogP contribution in [0.5, 0.6) is 0 Å². The van der Waals surface area contributed by atoms with Gasteiger partial charge in [0.2, 0.25) is 5.91 Å². The van der Waals surface area contributed by atoms with Crippen LogP contribution in [-0.4, -0.2) is 87.5 Å². The fourth-order valence-electron chi connectivity index (χ4n) is 3.64. The zero-order chi connectivity index (χ0) is 26.8. The molecular formula is C27H47NO8. The van der Waals surface area contributed by atoms with Crippen LogP contribution in [0.3, 0.4) is 0 Å². The molecule has 6 N–H and O–H groups in total. The van der Waals surface area contributed by atoms with Gasteiger partial charge in [0.25, 0.3) is 0 Å². The van der Waals surface area contributed by atoms with Crippen LogP contribution in [0.4, 0.5) is 0 Å². The van der Waals surface area contributed by atoms with Crippen LogP contribution in [0.15, 0.2) is 36.5 Å². The number of carbonyl (C=O) groups is 1. The van der Waals surface area contributed by atoms with E-state index < -0.39 is 49.5 Å². The summed E-state index contributed by atoms with van der Waals surface area (Å²) in [7, 11) is 0. The number of amides is 1. The summed E-state index contributed by atoms with van der Waals surface area (Å²) in [5, 5.41) is 52.8. The molecule has 1 amide bonds. The predicted molar refractivity (Wildman–Crippen MR) is 138 cm³/mol. The van der Waals surface area contributed by atoms with E-state index in [-0.39, 0.29) is 12.5 Å². The van der Waals surface area contributed by atoms with Gasteiger partial charge in [-0.05, 0) is 38.5 Å². The van der Waals surface area contributed by atoms with Gasteiger partial charge in [0.1, 0.15) is 24.4 Å². The SMILES string of the molecule is CCC/C=C/CC/C=C/CC/C=C/C(O)C(COC1OC(CO)C(O)C(O)C1O)NC(=O)CCCC. The van der Waals surface area contributed by atoms with Crippen LogP contribution in [0, 0.1) is 0 Å². The molecule has 0 spiro atoms. The minimum absolute atomic E-state index is 0.211. The van der Waals surface area contributed by atoms with E-state index in [4.69, 9.17) is 9.47 Å². The van der Waals surface area contributed by atoms with E-state index in [2.05, 4.69) is 36.5 Å². The summed E-state index contributed by atoms with van der Waals surface area (Å²) in [6.45, 7) is 3.35. The summed E-state index contributed by atoms with van der Waals surface area (Å²) >= 11 is 0. The zero-order valence-electron chi connectivity index (χ0n) is 21.7. The Morgan fingerprint density at radius 1 is 0.917 bits per heavy atom. The molecule has 7 unspecified atom stereocenters. The lowest BCUT2D eigenvalue weighted by Crippen LogP contribution is -2.60. The van der Waals surface area contributed by atoms with E-state index >= 15 is 0 Å². The minimum Gasteiger partial charge on any atom is -0.394 e. The molecule has 1 saturated heterocycles. The third-order valence-electron chi connectivity index (χ3n) is 5.93. The van der Waals surface area contributed by atoms with Crippen molar-refractivity contribution < 1.29 is 39.8 Å². The Morgan fingerprint density at radius 3 is 2.11 bits per heavy atom. The molecule has 7 atom stereocenters. The lowest BCUT2D eigenvalue weighted by Gasteiger charge is -2.40. The molecule has 1 heterocycles. The van der Waals surface area contributed by atoms with E-state index in [0.717, 1.165) is 44.9 Å². The average molecular weight is 514 g/mol. The van der Waals surface area contributed by atoms with Crippen LogP contribution in [0.1, 0.15) is 71.6 Å². The molecule has 0 aromatic rings. The molecule has 0 saturated carbocycles. The van der Waals surface area contributed by atoms with Gasteiger partial charge in [0.05, 0.1) is 25.4 Å². The normalized spacial score (nSPS) is 26.7. The topological polar surface area (TPSA) is 149 Å². The third kappa shape index (κ3) is 12.6. The van der Waals surface area contributed by atoms with Crippen LogP contribution in [0.25, 0.3) is 0 Å². The number of aliphatic hydroxyl groups is 5. The van der Waals surface area contributed by atoms with Crippen LogP contribution in [-0.2, 0) is 14.3 Å². The van der Waals surface area contributed by atoms with Gasteiger partial charge in [-0.1, -0.05) is 63.1 Å². The maximum atomic E-state index is 12.3. The van der Waals surface area contributed by atoms with Crippen LogP contribution < -0.4 is 5.32 Å². The summed E-state index contributed by atoms with van der Waals surface area (Å²) in [5.74, 6) is -0.234. The van der Waals surface area contributed by atoms with Crippen molar-refractivity contribution in [1.29, 1.82) is 0 Å². The summed E-state index contributed by atoms with van der Waals surface area (Å²) in [5.41, 5.74) is 0. The van der Waals surface area contributed by atoms with Gasteiger partial charge in [0, 0.05) is 6.42 Å². The molecule has 1 fully saturated rings. The summed E-state index contributed by atoms with van der Waals surface area (Å²) < 4.78 is 10.9. The molecule has 9 heteroatoms. The van der Waals surface area contributed by atoms with Gasteiger partial charge >= 0.3 is 0 Å². The molecule has 0 bridgehead atoms. The number of ether oxygens (including phenoxy) is 2. The van der Waals surface area contributed by atoms with Crippen molar-refractivity contribution in [3.63, 3.8) is 0 Å². The van der Waals surface area contributed by atoms with Crippen molar-refractivity contribution in [2.45, 2.75) is 114 Å². The minimum atomic E-state index is -1.57. The van der Waals surface area contributed by atoms with Gasteiger partial charge in [0.15, 0.2) is 6.29 Å². The number of carbonyl (C=O) groups excluding carboxylic acids is 1. The predicted octanol–water partition coefficient (Wildman–Crippen LogP) is 1.87. The fraction of sp³-hybridized carbons (Fsp3) is 0.741. The first-order chi connectivity index (χ1) is 17.3. The number of hydrogen-bond donors (Lipinski definition) is 6. The van der Waals surface area contributed by atoms with E-state index in [1.54, 1.807) is 6.08 Å². The third-order valence-corrected chi connectivity index (χ3v) is 5.93. The molecule has 0 aromatic carbocycles. The van der Waals surface area contributed by atoms with Gasteiger partial charge in [-0.3, -0.25) is 4.79 Å². The highest BCUT2D eigenvalue weighted by atomic mass is 16.7. The van der Waals surface area contributed by atoms with Gasteiger partial charge < -0.3 is 40.3 Å². The van der Waals surface area contributed by atoms with E-state index in [1.165, 1.54) is 0 Å². The molecule has 0 radical (unpaired) electrons. The van der Waals surface area contributed by atoms with Crippen molar-refractivity contribution in [3.05, 3.63) is 36.5 Å². The lowest BCUT2D eigenvalue weighted by molar-refractivity contribution is -0.302. The zero-order valence-corrected chi connectivity index (χ0v) is 21.7. The number of rotatable bonds is 18. The Bertz CT molecular complexity index is 666. The van der Waals surface area contributed by atoms with Crippen molar-refractivity contribution >= 4 is 5.91 Å². The first kappa shape index (κ1) is 32.4. The number of unbranched alkanes of at least 4 members (excludes halogenated alkanes) is 4. The Hall–Kier alpha value is -1.59. The monoisotopic (exact) mass is 513 g/mol. The quantitative estimate of drug-likeness (QED) is 0.120. The van der Waals surface area contributed by atoms with E-state index in [9.17, 15) is 30.3 Å². The Balaban J connectivity index is 2.60. The highest BCUT2D eigenvalue weighted by molar-refractivity contribution is 5.76. The van der Waals surface area contributed by atoms with Crippen LogP contribution >= 0.6 is 0 Å². The number of aliphatic hydroxyl groups excluding tert-OH is 5. The molecule has 1 aliphatic heterocycles. The summed E-state index contributed by atoms with van der Waals surface area (Å²) in [6, 6.07) is -0.816. The van der Waals surface area contributed by atoms with Crippen molar-refractivity contribution in [2.75, 3.05) is 13.2 Å². The molecule has 9 nitrogen and oxygen atoms in total. The second kappa shape index (κ2) is 19.5. The first-order valence-corrected chi connectivity index (χ1v) is 13.2. The van der Waals surface area contributed by atoms with Gasteiger partial charge in [-0.15, -0.1) is 0 Å². The van der Waals surface area contributed by atoms with E-state index in [0.29, 0.717) is 12.8 Å². The molecule has 0 aromatic heterocycles. The van der Waals surface area contributed by atoms with Crippen molar-refractivity contribution in [3.8, 4) is 0 Å². The maximum Gasteiger partial charge on any atom is 0.220 e. The standard InChI is InChI=1S/C27H47NO8/c1-3-5-7-8-9-10-11-12-13-14-15-16-21(30)20(28-23(31)17-6-4-2)19-35-27-26(34)25(33)24(32)22(18-29)36-27/h7-8,11-12,15-16,20-22,24-27,29-30,32-34H,3-6,9-10,13-14,17-19H2,1-2H3,(H,28,31)/b8-7+,12-11+,16-15+. The van der Waals surface area contributed by atoms with Crippen LogP contribution in [0.2, 0.25) is 0 Å². The number of hydrogen-bond acceptors (Lipinski definition) is 8. The molecule has 36 heavy (non-hydrogen) atoms. The molecular weight excluding hydrogens is 466 g/mol. The highest BCUT2D eigenvalue weighted by Gasteiger charge is 2.44. The lowest BCUT2D eigenvalue weighted by atomic mass is 9.99. The second-order valence-corrected chi connectivity index (χ2v) is 9.11. The Labute approximate surface area is 215 Å². The number of nitrogens with one attached hydrogen (secondary N) is 1. The Kier molecular flexibility index (Phi) is 17.6. The van der Waals surface area contributed by atoms with E-state index in [1.807, 2.05) is 13.0 Å². The summed E-state index contributed by atoms with van der Waals surface area (Å²) in [4.78, 5) is 12.3. The maximum absolute atomic E-state index is 12.3. The fourth-order valence-corrected chi connectivity index (χ4v) is 3.64. The first-order valence-electron chi connectivity index (χ1n) is 13.2. The van der Waals surface area contributed by atoms with Gasteiger partial charge in [-0.25, -0.2) is 0 Å². The molecule has 1 rings (SSSR count). The number of allylic oxidation sites excluding steroid dienone is 5. The van der Waals surface area contributed by atoms with Gasteiger partial charge in [-0.2, -0.15) is 0 Å². The van der Waals surface area contributed by atoms with Crippen molar-refractivity contribution in [1.82, 2.24) is 5.32 Å². The summed E-state index contributed by atoms with van der Waals surface area (Å²) in [6.07, 6.45) is 11.7. The Morgan fingerprint density at radius 2 is 1.53 bits per heavy atom. The molecule has 208 valence electrons. The smallest absolute Gasteiger partial charge is 0.220 e. The van der Waals surface area contributed by atoms with Crippen molar-refractivity contribution in [2.24, 2.45) is 0 Å². The molecule has 1 aliphatic rings. The second-order valence-electron chi connectivity index (χ2n) is 9.11. The largest absolute Gasteiger partial charge is 0.394 e. The average Bonchev–Trinajstić information content (AvgIpc) is 2.87. The molecule has 0 aliphatic carbocycles.